The van der Waals surface area contributed by atoms with Crippen molar-refractivity contribution in [1.29, 1.82) is 0 Å². The summed E-state index contributed by atoms with van der Waals surface area (Å²) in [4.78, 5) is 1.01. The normalized spacial score (nSPS) is 10.7. The number of para-hydroxylation sites is 1. The van der Waals surface area contributed by atoms with Crippen LogP contribution >= 0.6 is 11.3 Å². The third-order valence-corrected chi connectivity index (χ3v) is 3.94. The van der Waals surface area contributed by atoms with Gasteiger partial charge in [-0.15, -0.1) is 21.5 Å². The van der Waals surface area contributed by atoms with Crippen LogP contribution in [0.2, 0.25) is 0 Å². The predicted octanol–water partition coefficient (Wildman–Crippen LogP) is 2.90. The number of methoxy groups -OCH3 is 1. The summed E-state index contributed by atoms with van der Waals surface area (Å²) in [7, 11) is 1.64. The summed E-state index contributed by atoms with van der Waals surface area (Å²) in [6.45, 7) is 2.01. The fourth-order valence-corrected chi connectivity index (χ4v) is 2.86. The number of ether oxygens (including phenoxy) is 1. The summed E-state index contributed by atoms with van der Waals surface area (Å²) in [5.41, 5.74) is 7.94. The van der Waals surface area contributed by atoms with Gasteiger partial charge in [-0.2, -0.15) is 0 Å². The number of nitrogens with zero attached hydrogens (tertiary/aromatic N) is 3. The Hall–Kier alpha value is -2.34. The van der Waals surface area contributed by atoms with Crippen molar-refractivity contribution < 1.29 is 4.74 Å². The van der Waals surface area contributed by atoms with E-state index in [4.69, 9.17) is 10.5 Å². The van der Waals surface area contributed by atoms with Crippen LogP contribution in [-0.4, -0.2) is 21.9 Å². The Balaban J connectivity index is 2.28. The van der Waals surface area contributed by atoms with Crippen molar-refractivity contribution in [2.45, 2.75) is 6.92 Å². The largest absolute Gasteiger partial charge is 0.495 e. The van der Waals surface area contributed by atoms with Gasteiger partial charge in [-0.25, -0.2) is 0 Å². The standard InChI is InChI=1S/C14H14N4OS/c1-9-5-3-6-10(19-2)12(9)18-13(16-17-14(18)15)11-7-4-8-20-11/h3-8H,1-2H3,(H2,15,17). The zero-order valence-electron chi connectivity index (χ0n) is 11.2. The molecule has 6 heteroatoms. The van der Waals surface area contributed by atoms with Crippen molar-refractivity contribution in [2.24, 2.45) is 0 Å². The van der Waals surface area contributed by atoms with Gasteiger partial charge >= 0.3 is 0 Å². The molecule has 0 aliphatic rings. The summed E-state index contributed by atoms with van der Waals surface area (Å²) in [5, 5.41) is 10.2. The minimum Gasteiger partial charge on any atom is -0.495 e. The molecule has 1 aromatic carbocycles. The number of nitrogens with two attached hydrogens (primary N) is 1. The summed E-state index contributed by atoms with van der Waals surface area (Å²) >= 11 is 1.60. The highest BCUT2D eigenvalue weighted by molar-refractivity contribution is 7.13. The maximum absolute atomic E-state index is 6.01. The molecule has 102 valence electrons. The molecule has 0 saturated heterocycles. The molecule has 0 fully saturated rings. The monoisotopic (exact) mass is 286 g/mol. The number of hydrogen-bond donors (Lipinski definition) is 1. The highest BCUT2D eigenvalue weighted by Gasteiger charge is 2.18. The van der Waals surface area contributed by atoms with Crippen LogP contribution in [0.1, 0.15) is 5.56 Å². The number of hydrogen-bond acceptors (Lipinski definition) is 5. The first-order chi connectivity index (χ1) is 9.72. The van der Waals surface area contributed by atoms with Crippen LogP contribution in [0, 0.1) is 6.92 Å². The lowest BCUT2D eigenvalue weighted by atomic mass is 10.1. The molecule has 0 unspecified atom stereocenters. The van der Waals surface area contributed by atoms with Gasteiger partial charge < -0.3 is 10.5 Å². The molecule has 3 rings (SSSR count). The van der Waals surface area contributed by atoms with E-state index in [9.17, 15) is 0 Å². The van der Waals surface area contributed by atoms with E-state index in [1.165, 1.54) is 0 Å². The first kappa shape index (κ1) is 12.7. The SMILES string of the molecule is COc1cccc(C)c1-n1c(N)nnc1-c1cccs1. The molecule has 2 aromatic heterocycles. The van der Waals surface area contributed by atoms with Crippen LogP contribution in [0.5, 0.6) is 5.75 Å². The lowest BCUT2D eigenvalue weighted by molar-refractivity contribution is 0.412. The Morgan fingerprint density at radius 2 is 2.05 bits per heavy atom. The molecule has 5 nitrogen and oxygen atoms in total. The van der Waals surface area contributed by atoms with E-state index in [-0.39, 0.29) is 0 Å². The Bertz CT molecular complexity index is 734. The van der Waals surface area contributed by atoms with Crippen molar-refractivity contribution in [3.8, 4) is 22.1 Å². The molecule has 20 heavy (non-hydrogen) atoms. The van der Waals surface area contributed by atoms with E-state index in [1.54, 1.807) is 18.4 Å². The predicted molar refractivity (Wildman–Crippen MR) is 80.4 cm³/mol. The molecule has 0 radical (unpaired) electrons. The molecule has 3 aromatic rings. The highest BCUT2D eigenvalue weighted by atomic mass is 32.1. The molecule has 0 aliphatic heterocycles. The highest BCUT2D eigenvalue weighted by Crippen LogP contribution is 2.33. The van der Waals surface area contributed by atoms with Crippen molar-refractivity contribution >= 4 is 17.3 Å². The van der Waals surface area contributed by atoms with Crippen molar-refractivity contribution in [1.82, 2.24) is 14.8 Å². The minimum atomic E-state index is 0.348. The second kappa shape index (κ2) is 4.97. The zero-order valence-corrected chi connectivity index (χ0v) is 12.0. The molecule has 0 amide bonds. The fraction of sp³-hybridized carbons (Fsp3) is 0.143. The Morgan fingerprint density at radius 1 is 1.20 bits per heavy atom. The van der Waals surface area contributed by atoms with Gasteiger partial charge in [-0.3, -0.25) is 4.57 Å². The van der Waals surface area contributed by atoms with E-state index < -0.39 is 0 Å². The van der Waals surface area contributed by atoms with Crippen LogP contribution in [0.25, 0.3) is 16.4 Å². The number of rotatable bonds is 3. The number of anilines is 1. The molecule has 0 bridgehead atoms. The van der Waals surface area contributed by atoms with Gasteiger partial charge in [0.05, 0.1) is 17.7 Å². The van der Waals surface area contributed by atoms with Gasteiger partial charge in [0.15, 0.2) is 5.82 Å². The van der Waals surface area contributed by atoms with Crippen molar-refractivity contribution in [2.75, 3.05) is 12.8 Å². The molecule has 2 N–H and O–H groups in total. The van der Waals surface area contributed by atoms with Crippen molar-refractivity contribution in [3.05, 3.63) is 41.3 Å². The quantitative estimate of drug-likeness (QED) is 0.804. The van der Waals surface area contributed by atoms with E-state index in [2.05, 4.69) is 10.2 Å². The molecule has 0 atom stereocenters. The number of aryl methyl sites for hydroxylation is 1. The average molecular weight is 286 g/mol. The first-order valence-electron chi connectivity index (χ1n) is 6.11. The third kappa shape index (κ3) is 1.94. The fourth-order valence-electron chi connectivity index (χ4n) is 2.17. The molecule has 2 heterocycles. The van der Waals surface area contributed by atoms with Crippen molar-refractivity contribution in [3.63, 3.8) is 0 Å². The van der Waals surface area contributed by atoms with E-state index in [1.807, 2.05) is 47.2 Å². The zero-order chi connectivity index (χ0) is 14.1. The van der Waals surface area contributed by atoms with Gasteiger partial charge in [0.2, 0.25) is 5.95 Å². The van der Waals surface area contributed by atoms with Crippen LogP contribution in [-0.2, 0) is 0 Å². The summed E-state index contributed by atoms with van der Waals surface area (Å²) in [6.07, 6.45) is 0. The Kier molecular flexibility index (Phi) is 3.15. The van der Waals surface area contributed by atoms with Gasteiger partial charge in [0.1, 0.15) is 5.75 Å². The molecule has 0 saturated carbocycles. The first-order valence-corrected chi connectivity index (χ1v) is 6.99. The second-order valence-electron chi connectivity index (χ2n) is 4.32. The van der Waals surface area contributed by atoms with Gasteiger partial charge in [0.25, 0.3) is 0 Å². The van der Waals surface area contributed by atoms with Crippen LogP contribution in [0.15, 0.2) is 35.7 Å². The topological polar surface area (TPSA) is 66.0 Å². The smallest absolute Gasteiger partial charge is 0.227 e. The number of benzene rings is 1. The van der Waals surface area contributed by atoms with Gasteiger partial charge in [-0.1, -0.05) is 18.2 Å². The molecule has 0 aliphatic carbocycles. The van der Waals surface area contributed by atoms with E-state index >= 15 is 0 Å². The van der Waals surface area contributed by atoms with E-state index in [0.717, 1.165) is 27.7 Å². The summed E-state index contributed by atoms with van der Waals surface area (Å²) < 4.78 is 7.28. The lowest BCUT2D eigenvalue weighted by Crippen LogP contribution is -2.06. The summed E-state index contributed by atoms with van der Waals surface area (Å²) in [6, 6.07) is 9.83. The minimum absolute atomic E-state index is 0.348. The molecular weight excluding hydrogens is 272 g/mol. The maximum atomic E-state index is 6.01. The third-order valence-electron chi connectivity index (χ3n) is 3.07. The number of nitrogen functional groups attached to an aromatic ring is 1. The lowest BCUT2D eigenvalue weighted by Gasteiger charge is -2.14. The second-order valence-corrected chi connectivity index (χ2v) is 5.27. The van der Waals surface area contributed by atoms with Crippen LogP contribution in [0.4, 0.5) is 5.95 Å². The van der Waals surface area contributed by atoms with E-state index in [0.29, 0.717) is 5.95 Å². The molecular formula is C14H14N4OS. The van der Waals surface area contributed by atoms with Crippen LogP contribution in [0.3, 0.4) is 0 Å². The maximum Gasteiger partial charge on any atom is 0.227 e. The Morgan fingerprint density at radius 3 is 2.75 bits per heavy atom. The van der Waals surface area contributed by atoms with Gasteiger partial charge in [0, 0.05) is 0 Å². The van der Waals surface area contributed by atoms with Gasteiger partial charge in [-0.05, 0) is 30.0 Å². The van der Waals surface area contributed by atoms with Crippen LogP contribution < -0.4 is 10.5 Å². The number of thiophene rings is 1. The Labute approximate surface area is 120 Å². The summed E-state index contributed by atoms with van der Waals surface area (Å²) in [5.74, 6) is 1.82. The average Bonchev–Trinajstić information content (AvgIpc) is 3.08. The number of aromatic nitrogens is 3. The molecule has 0 spiro atoms.